The second-order valence-corrected chi connectivity index (χ2v) is 5.29. The molecule has 0 saturated carbocycles. The highest BCUT2D eigenvalue weighted by molar-refractivity contribution is 6.30. The molecule has 0 spiro atoms. The van der Waals surface area contributed by atoms with Crippen LogP contribution in [0.4, 0.5) is 10.1 Å². The first kappa shape index (κ1) is 12.7. The highest BCUT2D eigenvalue weighted by Crippen LogP contribution is 2.23. The van der Waals surface area contributed by atoms with Crippen molar-refractivity contribution in [1.29, 1.82) is 0 Å². The Hall–Kier alpha value is -0.800. The summed E-state index contributed by atoms with van der Waals surface area (Å²) in [7, 11) is 2.14. The van der Waals surface area contributed by atoms with Crippen LogP contribution in [-0.2, 0) is 0 Å². The van der Waals surface area contributed by atoms with E-state index < -0.39 is 0 Å². The standard InChI is InChI=1S/C13H18ClFN2/c1-9-5-12(3-4-17(9)2)16-13-7-10(14)6-11(15)8-13/h6-9,12,16H,3-5H2,1-2H3. The molecule has 1 aliphatic heterocycles. The number of anilines is 1. The van der Waals surface area contributed by atoms with Gasteiger partial charge in [0.1, 0.15) is 5.82 Å². The summed E-state index contributed by atoms with van der Waals surface area (Å²) in [5, 5.41) is 3.80. The molecule has 1 saturated heterocycles. The van der Waals surface area contributed by atoms with Crippen LogP contribution in [0.15, 0.2) is 18.2 Å². The Labute approximate surface area is 107 Å². The van der Waals surface area contributed by atoms with Crippen molar-refractivity contribution in [2.45, 2.75) is 31.8 Å². The average molecular weight is 257 g/mol. The maximum atomic E-state index is 13.2. The van der Waals surface area contributed by atoms with E-state index in [1.54, 1.807) is 6.07 Å². The number of nitrogens with zero attached hydrogens (tertiary/aromatic N) is 1. The van der Waals surface area contributed by atoms with Gasteiger partial charge in [-0.1, -0.05) is 11.6 Å². The van der Waals surface area contributed by atoms with Crippen LogP contribution < -0.4 is 5.32 Å². The van der Waals surface area contributed by atoms with Crippen molar-refractivity contribution < 1.29 is 4.39 Å². The van der Waals surface area contributed by atoms with Crippen LogP contribution in [0.1, 0.15) is 19.8 Å². The average Bonchev–Trinajstić information content (AvgIpc) is 2.22. The van der Waals surface area contributed by atoms with Crippen LogP contribution >= 0.6 is 11.6 Å². The van der Waals surface area contributed by atoms with E-state index in [1.807, 2.05) is 0 Å². The first-order chi connectivity index (χ1) is 8.04. The number of hydrogen-bond acceptors (Lipinski definition) is 2. The summed E-state index contributed by atoms with van der Waals surface area (Å²) >= 11 is 5.83. The van der Waals surface area contributed by atoms with Gasteiger partial charge in [0.25, 0.3) is 0 Å². The smallest absolute Gasteiger partial charge is 0.126 e. The molecular weight excluding hydrogens is 239 g/mol. The second kappa shape index (κ2) is 5.23. The van der Waals surface area contributed by atoms with Crippen molar-refractivity contribution in [3.8, 4) is 0 Å². The van der Waals surface area contributed by atoms with E-state index in [-0.39, 0.29) is 5.82 Å². The lowest BCUT2D eigenvalue weighted by molar-refractivity contribution is 0.190. The fourth-order valence-corrected chi connectivity index (χ4v) is 2.52. The lowest BCUT2D eigenvalue weighted by Gasteiger charge is -2.35. The quantitative estimate of drug-likeness (QED) is 0.873. The maximum absolute atomic E-state index is 13.2. The summed E-state index contributed by atoms with van der Waals surface area (Å²) in [5.41, 5.74) is 0.775. The Balaban J connectivity index is 2.01. The second-order valence-electron chi connectivity index (χ2n) is 4.85. The van der Waals surface area contributed by atoms with Crippen LogP contribution in [0, 0.1) is 5.82 Å². The number of rotatable bonds is 2. The molecule has 0 radical (unpaired) electrons. The molecular formula is C13H18ClFN2. The third-order valence-corrected chi connectivity index (χ3v) is 3.66. The molecule has 1 aromatic rings. The molecule has 2 rings (SSSR count). The largest absolute Gasteiger partial charge is 0.382 e. The Morgan fingerprint density at radius 3 is 2.82 bits per heavy atom. The summed E-state index contributed by atoms with van der Waals surface area (Å²) in [4.78, 5) is 2.34. The molecule has 0 bridgehead atoms. The third-order valence-electron chi connectivity index (χ3n) is 3.44. The molecule has 1 fully saturated rings. The Bertz CT molecular complexity index is 377. The van der Waals surface area contributed by atoms with Crippen LogP contribution in [0.2, 0.25) is 5.02 Å². The molecule has 17 heavy (non-hydrogen) atoms. The van der Waals surface area contributed by atoms with Crippen molar-refractivity contribution in [3.05, 3.63) is 29.0 Å². The SMILES string of the molecule is CC1CC(Nc2cc(F)cc(Cl)c2)CCN1C. The zero-order valence-corrected chi connectivity index (χ0v) is 11.0. The van der Waals surface area contributed by atoms with Gasteiger partial charge in [-0.25, -0.2) is 4.39 Å². The fourth-order valence-electron chi connectivity index (χ4n) is 2.29. The molecule has 4 heteroatoms. The summed E-state index contributed by atoms with van der Waals surface area (Å²) in [6, 6.07) is 5.55. The molecule has 1 heterocycles. The van der Waals surface area contributed by atoms with Crippen LogP contribution in [0.25, 0.3) is 0 Å². The van der Waals surface area contributed by atoms with Crippen LogP contribution in [0.3, 0.4) is 0 Å². The van der Waals surface area contributed by atoms with Crippen molar-refractivity contribution >= 4 is 17.3 Å². The molecule has 2 unspecified atom stereocenters. The van der Waals surface area contributed by atoms with Crippen molar-refractivity contribution in [3.63, 3.8) is 0 Å². The normalized spacial score (nSPS) is 25.9. The van der Waals surface area contributed by atoms with Gasteiger partial charge in [-0.05, 0) is 45.0 Å². The van der Waals surface area contributed by atoms with Gasteiger partial charge < -0.3 is 10.2 Å². The zero-order valence-electron chi connectivity index (χ0n) is 10.2. The number of hydrogen-bond donors (Lipinski definition) is 1. The first-order valence-electron chi connectivity index (χ1n) is 5.97. The summed E-state index contributed by atoms with van der Waals surface area (Å²) < 4.78 is 13.2. The first-order valence-corrected chi connectivity index (χ1v) is 6.35. The van der Waals surface area contributed by atoms with Gasteiger partial charge in [-0.3, -0.25) is 0 Å². The van der Waals surface area contributed by atoms with Crippen LogP contribution in [-0.4, -0.2) is 30.6 Å². The molecule has 0 amide bonds. The third kappa shape index (κ3) is 3.33. The topological polar surface area (TPSA) is 15.3 Å². The van der Waals surface area contributed by atoms with Gasteiger partial charge in [0.05, 0.1) is 0 Å². The van der Waals surface area contributed by atoms with E-state index in [9.17, 15) is 4.39 Å². The molecule has 0 aromatic heterocycles. The number of likely N-dealkylation sites (tertiary alicyclic amines) is 1. The summed E-state index contributed by atoms with van der Waals surface area (Å²) in [6.45, 7) is 3.29. The van der Waals surface area contributed by atoms with Crippen molar-refractivity contribution in [2.75, 3.05) is 18.9 Å². The molecule has 1 N–H and O–H groups in total. The molecule has 2 nitrogen and oxygen atoms in total. The van der Waals surface area contributed by atoms with Crippen molar-refractivity contribution in [2.24, 2.45) is 0 Å². The highest BCUT2D eigenvalue weighted by Gasteiger charge is 2.22. The van der Waals surface area contributed by atoms with Gasteiger partial charge in [0, 0.05) is 29.3 Å². The lowest BCUT2D eigenvalue weighted by atomic mass is 9.99. The Morgan fingerprint density at radius 1 is 1.41 bits per heavy atom. The van der Waals surface area contributed by atoms with Gasteiger partial charge in [0.2, 0.25) is 0 Å². The molecule has 1 aromatic carbocycles. The molecule has 2 atom stereocenters. The minimum atomic E-state index is -0.291. The van der Waals surface area contributed by atoms with E-state index in [1.165, 1.54) is 12.1 Å². The van der Waals surface area contributed by atoms with E-state index in [2.05, 4.69) is 24.2 Å². The predicted molar refractivity (Wildman–Crippen MR) is 70.1 cm³/mol. The zero-order chi connectivity index (χ0) is 12.4. The molecule has 94 valence electrons. The number of piperidine rings is 1. The van der Waals surface area contributed by atoms with E-state index >= 15 is 0 Å². The van der Waals surface area contributed by atoms with Crippen LogP contribution in [0.5, 0.6) is 0 Å². The maximum Gasteiger partial charge on any atom is 0.126 e. The van der Waals surface area contributed by atoms with Gasteiger partial charge in [-0.2, -0.15) is 0 Å². The molecule has 1 aliphatic rings. The predicted octanol–water partition coefficient (Wildman–Crippen LogP) is 3.37. The highest BCUT2D eigenvalue weighted by atomic mass is 35.5. The van der Waals surface area contributed by atoms with Gasteiger partial charge >= 0.3 is 0 Å². The Kier molecular flexibility index (Phi) is 3.89. The lowest BCUT2D eigenvalue weighted by Crippen LogP contribution is -2.42. The van der Waals surface area contributed by atoms with Crippen molar-refractivity contribution in [1.82, 2.24) is 4.90 Å². The number of nitrogens with one attached hydrogen (secondary N) is 1. The fraction of sp³-hybridized carbons (Fsp3) is 0.538. The molecule has 0 aliphatic carbocycles. The summed E-state index contributed by atoms with van der Waals surface area (Å²) in [6.07, 6.45) is 2.15. The van der Waals surface area contributed by atoms with Gasteiger partial charge in [0.15, 0.2) is 0 Å². The minimum absolute atomic E-state index is 0.291. The van der Waals surface area contributed by atoms with Gasteiger partial charge in [-0.15, -0.1) is 0 Å². The monoisotopic (exact) mass is 256 g/mol. The Morgan fingerprint density at radius 2 is 2.18 bits per heavy atom. The van der Waals surface area contributed by atoms with E-state index in [4.69, 9.17) is 11.6 Å². The summed E-state index contributed by atoms with van der Waals surface area (Å²) in [5.74, 6) is -0.291. The van der Waals surface area contributed by atoms with E-state index in [0.717, 1.165) is 25.1 Å². The van der Waals surface area contributed by atoms with E-state index in [0.29, 0.717) is 17.1 Å². The minimum Gasteiger partial charge on any atom is -0.382 e. The number of benzene rings is 1. The number of halogens is 2.